The van der Waals surface area contributed by atoms with E-state index in [1.54, 1.807) is 12.4 Å². The third kappa shape index (κ3) is 7.65. The van der Waals surface area contributed by atoms with Crippen LogP contribution in [0.5, 0.6) is 0 Å². The van der Waals surface area contributed by atoms with Gasteiger partial charge in [-0.15, -0.1) is 0 Å². The zero-order valence-corrected chi connectivity index (χ0v) is 30.2. The molecule has 2 aromatic carbocycles. The maximum absolute atomic E-state index is 12.7. The fourth-order valence-corrected chi connectivity index (χ4v) is 8.34. The van der Waals surface area contributed by atoms with Gasteiger partial charge in [0.25, 0.3) is 0 Å². The Bertz CT molecular complexity index is 1940. The first kappa shape index (κ1) is 35.5. The summed E-state index contributed by atoms with van der Waals surface area (Å²) >= 11 is 0. The number of hydrogen-bond acceptors (Lipinski definition) is 8. The van der Waals surface area contributed by atoms with Crippen LogP contribution in [0.25, 0.3) is 21.8 Å². The first-order chi connectivity index (χ1) is 25.0. The van der Waals surface area contributed by atoms with Crippen LogP contribution < -0.4 is 11.5 Å². The van der Waals surface area contributed by atoms with Crippen molar-refractivity contribution in [3.8, 4) is 12.1 Å². The quantitative estimate of drug-likeness (QED) is 0.252. The molecule has 8 rings (SSSR count). The molecule has 4 N–H and O–H groups in total. The Morgan fingerprint density at radius 1 is 0.692 bits per heavy atom. The number of rotatable bonds is 6. The molecule has 2 aliphatic carbocycles. The summed E-state index contributed by atoms with van der Waals surface area (Å²) in [4.78, 5) is 38.3. The zero-order valence-electron chi connectivity index (χ0n) is 30.2. The summed E-state index contributed by atoms with van der Waals surface area (Å²) in [5, 5.41) is 20.8. The molecule has 0 bridgehead atoms. The second-order valence-corrected chi connectivity index (χ2v) is 16.2. The number of amides is 2. The molecule has 0 radical (unpaired) electrons. The molecule has 0 spiro atoms. The Morgan fingerprint density at radius 3 is 1.46 bits per heavy atom. The topological polar surface area (TPSA) is 166 Å². The predicted octanol–water partition coefficient (Wildman–Crippen LogP) is 5.88. The van der Waals surface area contributed by atoms with Gasteiger partial charge in [0, 0.05) is 85.1 Å². The molecule has 4 fully saturated rings. The van der Waals surface area contributed by atoms with Gasteiger partial charge in [-0.3, -0.25) is 19.6 Å². The standard InChI is InChI=1S/2C21H24N4O/c2*1-14-9-16(13-25(12-14)19(26)10-21(23)6-7-21)17-5-4-15(11-22)20-18(17)3-2-8-24-20/h2*2-5,8,14,16H,6-7,9-10,12-13,23H2,1H3/t14-,16+;14-,16-/m10/s1. The molecule has 4 aromatic rings. The number of likely N-dealkylation sites (tertiary alicyclic amines) is 2. The largest absolute Gasteiger partial charge is 0.342 e. The van der Waals surface area contributed by atoms with Gasteiger partial charge >= 0.3 is 0 Å². The van der Waals surface area contributed by atoms with Gasteiger partial charge in [-0.25, -0.2) is 0 Å². The summed E-state index contributed by atoms with van der Waals surface area (Å²) in [7, 11) is 0. The lowest BCUT2D eigenvalue weighted by atomic mass is 9.83. The number of hydrogen-bond donors (Lipinski definition) is 2. The van der Waals surface area contributed by atoms with Crippen molar-refractivity contribution in [3.05, 3.63) is 83.2 Å². The van der Waals surface area contributed by atoms with Crippen molar-refractivity contribution >= 4 is 33.6 Å². The number of carbonyl (C=O) groups is 2. The van der Waals surface area contributed by atoms with E-state index in [9.17, 15) is 20.1 Å². The number of aromatic nitrogens is 2. The smallest absolute Gasteiger partial charge is 0.224 e. The SMILES string of the molecule is C[C@@H]1C[C@H](c2ccc(C#N)c3ncccc23)CN(C(=O)CC2(N)CC2)C1.C[C@H]1C[C@H](c2ccc(C#N)c3ncccc23)CN(C(=O)CC2(N)CC2)C1. The van der Waals surface area contributed by atoms with Crippen molar-refractivity contribution in [2.45, 2.75) is 88.1 Å². The third-order valence-corrected chi connectivity index (χ3v) is 11.5. The molecule has 4 heterocycles. The maximum atomic E-state index is 12.7. The number of nitriles is 2. The van der Waals surface area contributed by atoms with Crippen LogP contribution in [-0.4, -0.2) is 68.8 Å². The lowest BCUT2D eigenvalue weighted by Gasteiger charge is -2.37. The molecule has 4 atom stereocenters. The van der Waals surface area contributed by atoms with E-state index >= 15 is 0 Å². The molecule has 2 saturated heterocycles. The minimum atomic E-state index is -0.252. The third-order valence-electron chi connectivity index (χ3n) is 11.5. The Hall–Kier alpha value is -4.90. The summed E-state index contributed by atoms with van der Waals surface area (Å²) in [6, 6.07) is 20.1. The number of nitrogens with zero attached hydrogens (tertiary/aromatic N) is 6. The van der Waals surface area contributed by atoms with E-state index in [0.717, 1.165) is 86.5 Å². The van der Waals surface area contributed by atoms with Crippen LogP contribution in [0, 0.1) is 34.5 Å². The van der Waals surface area contributed by atoms with Crippen LogP contribution in [0.3, 0.4) is 0 Å². The van der Waals surface area contributed by atoms with E-state index in [-0.39, 0.29) is 34.7 Å². The Balaban J connectivity index is 0.000000162. The number of nitrogens with two attached hydrogens (primary N) is 2. The molecule has 10 heteroatoms. The highest BCUT2D eigenvalue weighted by atomic mass is 16.2. The molecular weight excluding hydrogens is 649 g/mol. The fraction of sp³-hybridized carbons (Fsp3) is 0.476. The molecular formula is C42H48N8O2. The minimum absolute atomic E-state index is 0.178. The van der Waals surface area contributed by atoms with Gasteiger partial charge in [-0.05, 0) is 85.8 Å². The summed E-state index contributed by atoms with van der Waals surface area (Å²) in [6.07, 6.45) is 10.3. The second kappa shape index (κ2) is 14.3. The maximum Gasteiger partial charge on any atom is 0.224 e. The molecule has 2 amide bonds. The average molecular weight is 697 g/mol. The van der Waals surface area contributed by atoms with Gasteiger partial charge in [0.1, 0.15) is 12.1 Å². The summed E-state index contributed by atoms with van der Waals surface area (Å²) in [6.45, 7) is 7.44. The normalized spacial score (nSPS) is 24.3. The van der Waals surface area contributed by atoms with E-state index in [1.807, 2.05) is 58.3 Å². The first-order valence-electron chi connectivity index (χ1n) is 18.7. The highest BCUT2D eigenvalue weighted by Crippen LogP contribution is 2.40. The van der Waals surface area contributed by atoms with Crippen LogP contribution in [0.1, 0.15) is 99.3 Å². The molecule has 10 nitrogen and oxygen atoms in total. The number of benzene rings is 2. The lowest BCUT2D eigenvalue weighted by molar-refractivity contribution is -0.134. The minimum Gasteiger partial charge on any atom is -0.342 e. The summed E-state index contributed by atoms with van der Waals surface area (Å²) in [5.74, 6) is 1.75. The van der Waals surface area contributed by atoms with E-state index in [1.165, 1.54) is 11.1 Å². The van der Waals surface area contributed by atoms with Crippen molar-refractivity contribution in [1.82, 2.24) is 19.8 Å². The van der Waals surface area contributed by atoms with Gasteiger partial charge < -0.3 is 21.3 Å². The monoisotopic (exact) mass is 696 g/mol. The van der Waals surface area contributed by atoms with Gasteiger partial charge in [0.15, 0.2) is 0 Å². The Kier molecular flexibility index (Phi) is 9.73. The number of pyridine rings is 2. The van der Waals surface area contributed by atoms with E-state index in [2.05, 4.69) is 36.0 Å². The number of carbonyl (C=O) groups excluding carboxylic acids is 2. The van der Waals surface area contributed by atoms with E-state index in [4.69, 9.17) is 11.5 Å². The average Bonchev–Trinajstić information content (AvgIpc) is 4.07. The van der Waals surface area contributed by atoms with Crippen molar-refractivity contribution in [3.63, 3.8) is 0 Å². The summed E-state index contributed by atoms with van der Waals surface area (Å²) < 4.78 is 0. The Morgan fingerprint density at radius 2 is 1.10 bits per heavy atom. The summed E-state index contributed by atoms with van der Waals surface area (Å²) in [5.41, 5.74) is 16.9. The van der Waals surface area contributed by atoms with Gasteiger partial charge in [0.2, 0.25) is 11.8 Å². The van der Waals surface area contributed by atoms with Crippen molar-refractivity contribution in [2.24, 2.45) is 23.3 Å². The van der Waals surface area contributed by atoms with Crippen LogP contribution in [-0.2, 0) is 9.59 Å². The molecule has 2 saturated carbocycles. The Labute approximate surface area is 305 Å². The predicted molar refractivity (Wildman–Crippen MR) is 201 cm³/mol. The van der Waals surface area contributed by atoms with Crippen LogP contribution >= 0.6 is 0 Å². The molecule has 52 heavy (non-hydrogen) atoms. The van der Waals surface area contributed by atoms with Gasteiger partial charge in [-0.1, -0.05) is 38.1 Å². The van der Waals surface area contributed by atoms with Crippen LogP contribution in [0.2, 0.25) is 0 Å². The first-order valence-corrected chi connectivity index (χ1v) is 18.7. The highest BCUT2D eigenvalue weighted by molar-refractivity contribution is 5.89. The van der Waals surface area contributed by atoms with Crippen molar-refractivity contribution in [1.29, 1.82) is 10.5 Å². The fourth-order valence-electron chi connectivity index (χ4n) is 8.34. The molecule has 268 valence electrons. The molecule has 2 aromatic heterocycles. The molecule has 2 aliphatic heterocycles. The van der Waals surface area contributed by atoms with E-state index < -0.39 is 0 Å². The number of fused-ring (bicyclic) bond motifs is 2. The lowest BCUT2D eigenvalue weighted by Crippen LogP contribution is -2.44. The van der Waals surface area contributed by atoms with Gasteiger partial charge in [0.05, 0.1) is 22.2 Å². The molecule has 4 aliphatic rings. The van der Waals surface area contributed by atoms with Crippen molar-refractivity contribution < 1.29 is 9.59 Å². The van der Waals surface area contributed by atoms with E-state index in [0.29, 0.717) is 35.8 Å². The molecule has 0 unspecified atom stereocenters. The van der Waals surface area contributed by atoms with Crippen molar-refractivity contribution in [2.75, 3.05) is 26.2 Å². The second-order valence-electron chi connectivity index (χ2n) is 16.2. The van der Waals surface area contributed by atoms with Crippen LogP contribution in [0.4, 0.5) is 0 Å². The highest BCUT2D eigenvalue weighted by Gasteiger charge is 2.43. The number of piperidine rings is 2. The van der Waals surface area contributed by atoms with Crippen LogP contribution in [0.15, 0.2) is 60.9 Å². The zero-order chi connectivity index (χ0) is 36.6. The van der Waals surface area contributed by atoms with Gasteiger partial charge in [-0.2, -0.15) is 10.5 Å².